The number of amides is 2. The molecule has 0 bridgehead atoms. The number of morpholine rings is 1. The van der Waals surface area contributed by atoms with E-state index in [2.05, 4.69) is 26.1 Å². The predicted octanol–water partition coefficient (Wildman–Crippen LogP) is 2.76. The van der Waals surface area contributed by atoms with E-state index >= 15 is 0 Å². The topological polar surface area (TPSA) is 71.1 Å². The molecule has 0 aliphatic carbocycles. The molecule has 2 aromatic carbocycles. The molecule has 2 aliphatic heterocycles. The minimum atomic E-state index is -0.222. The van der Waals surface area contributed by atoms with Crippen molar-refractivity contribution < 1.29 is 19.1 Å². The quantitative estimate of drug-likeness (QED) is 0.744. The molecule has 1 N–H and O–H groups in total. The van der Waals surface area contributed by atoms with E-state index in [1.807, 2.05) is 18.2 Å². The zero-order chi connectivity index (χ0) is 20.2. The third kappa shape index (κ3) is 4.60. The fraction of sp³-hybridized carbons (Fsp3) is 0.333. The van der Waals surface area contributed by atoms with E-state index in [1.54, 1.807) is 29.2 Å². The molecule has 7 nitrogen and oxygen atoms in total. The number of carbonyl (C=O) groups excluding carboxylic acids is 2. The van der Waals surface area contributed by atoms with Gasteiger partial charge in [0.05, 0.1) is 24.5 Å². The number of anilines is 2. The molecule has 0 spiro atoms. The molecule has 4 rings (SSSR count). The molecule has 0 saturated carbocycles. The van der Waals surface area contributed by atoms with E-state index in [4.69, 9.17) is 9.47 Å². The lowest BCUT2D eigenvalue weighted by Crippen LogP contribution is -2.45. The van der Waals surface area contributed by atoms with Crippen LogP contribution in [0.5, 0.6) is 5.75 Å². The van der Waals surface area contributed by atoms with Crippen LogP contribution in [0.15, 0.2) is 46.9 Å². The van der Waals surface area contributed by atoms with Gasteiger partial charge in [0.25, 0.3) is 11.8 Å². The lowest BCUT2D eigenvalue weighted by Gasteiger charge is -2.33. The number of rotatable bonds is 5. The SMILES string of the molecule is O=C(Nc1ccc2c(c1)N(CCN1CCOCC1)C(=O)CO2)c1ccccc1Br. The second-order valence-electron chi connectivity index (χ2n) is 6.90. The Morgan fingerprint density at radius 1 is 1.10 bits per heavy atom. The summed E-state index contributed by atoms with van der Waals surface area (Å²) in [6.45, 7) is 4.54. The summed E-state index contributed by atoms with van der Waals surface area (Å²) in [5.41, 5.74) is 1.83. The summed E-state index contributed by atoms with van der Waals surface area (Å²) in [4.78, 5) is 29.1. The van der Waals surface area contributed by atoms with Crippen molar-refractivity contribution >= 4 is 39.1 Å². The van der Waals surface area contributed by atoms with Gasteiger partial charge in [-0.15, -0.1) is 0 Å². The molecule has 152 valence electrons. The molecule has 0 atom stereocenters. The van der Waals surface area contributed by atoms with Gasteiger partial charge in [0.2, 0.25) is 0 Å². The largest absolute Gasteiger partial charge is 0.482 e. The van der Waals surface area contributed by atoms with Gasteiger partial charge in [-0.3, -0.25) is 14.5 Å². The number of hydrogen-bond donors (Lipinski definition) is 1. The van der Waals surface area contributed by atoms with Gasteiger partial charge in [0.15, 0.2) is 6.61 Å². The number of carbonyl (C=O) groups is 2. The van der Waals surface area contributed by atoms with Crippen molar-refractivity contribution in [2.45, 2.75) is 0 Å². The van der Waals surface area contributed by atoms with Gasteiger partial charge in [-0.1, -0.05) is 12.1 Å². The summed E-state index contributed by atoms with van der Waals surface area (Å²) in [7, 11) is 0. The lowest BCUT2D eigenvalue weighted by molar-refractivity contribution is -0.121. The molecule has 0 aromatic heterocycles. The number of benzene rings is 2. The van der Waals surface area contributed by atoms with Crippen molar-refractivity contribution in [2.75, 3.05) is 56.2 Å². The minimum absolute atomic E-state index is 0.0266. The van der Waals surface area contributed by atoms with Crippen molar-refractivity contribution in [1.29, 1.82) is 0 Å². The summed E-state index contributed by atoms with van der Waals surface area (Å²) in [6, 6.07) is 12.6. The Morgan fingerprint density at radius 2 is 1.90 bits per heavy atom. The molecular weight excluding hydrogens is 438 g/mol. The predicted molar refractivity (Wildman–Crippen MR) is 114 cm³/mol. The van der Waals surface area contributed by atoms with Crippen molar-refractivity contribution in [3.8, 4) is 5.75 Å². The normalized spacial score (nSPS) is 16.9. The summed E-state index contributed by atoms with van der Waals surface area (Å²) in [5, 5.41) is 2.90. The van der Waals surface area contributed by atoms with E-state index in [1.165, 1.54) is 0 Å². The van der Waals surface area contributed by atoms with Crippen LogP contribution in [-0.4, -0.2) is 62.7 Å². The van der Waals surface area contributed by atoms with Gasteiger partial charge >= 0.3 is 0 Å². The van der Waals surface area contributed by atoms with Crippen LogP contribution in [-0.2, 0) is 9.53 Å². The maximum atomic E-state index is 12.6. The van der Waals surface area contributed by atoms with E-state index in [0.717, 1.165) is 37.3 Å². The smallest absolute Gasteiger partial charge is 0.265 e. The van der Waals surface area contributed by atoms with Crippen LogP contribution in [0.3, 0.4) is 0 Å². The van der Waals surface area contributed by atoms with Crippen LogP contribution in [0.1, 0.15) is 10.4 Å². The molecule has 1 fully saturated rings. The van der Waals surface area contributed by atoms with Crippen LogP contribution in [0.4, 0.5) is 11.4 Å². The Balaban J connectivity index is 1.50. The van der Waals surface area contributed by atoms with E-state index < -0.39 is 0 Å². The molecule has 0 radical (unpaired) electrons. The Hall–Kier alpha value is -2.42. The van der Waals surface area contributed by atoms with Gasteiger partial charge < -0.3 is 19.7 Å². The van der Waals surface area contributed by atoms with Crippen LogP contribution in [0.2, 0.25) is 0 Å². The monoisotopic (exact) mass is 459 g/mol. The third-order valence-electron chi connectivity index (χ3n) is 5.02. The lowest BCUT2D eigenvalue weighted by atomic mass is 10.1. The van der Waals surface area contributed by atoms with E-state index in [0.29, 0.717) is 29.2 Å². The second kappa shape index (κ2) is 8.94. The number of nitrogens with one attached hydrogen (secondary N) is 1. The molecule has 2 amide bonds. The number of halogens is 1. The highest BCUT2D eigenvalue weighted by atomic mass is 79.9. The fourth-order valence-corrected chi connectivity index (χ4v) is 3.90. The fourth-order valence-electron chi connectivity index (χ4n) is 3.43. The molecular formula is C21H22BrN3O4. The van der Waals surface area contributed by atoms with Crippen molar-refractivity contribution in [3.05, 3.63) is 52.5 Å². The number of fused-ring (bicyclic) bond motifs is 1. The molecule has 2 aliphatic rings. The molecule has 2 heterocycles. The highest BCUT2D eigenvalue weighted by Gasteiger charge is 2.26. The Morgan fingerprint density at radius 3 is 2.69 bits per heavy atom. The first-order valence-corrected chi connectivity index (χ1v) is 10.3. The third-order valence-corrected chi connectivity index (χ3v) is 5.71. The van der Waals surface area contributed by atoms with Gasteiger partial charge in [0, 0.05) is 36.3 Å². The first-order valence-electron chi connectivity index (χ1n) is 9.55. The van der Waals surface area contributed by atoms with Gasteiger partial charge in [-0.2, -0.15) is 0 Å². The number of ether oxygens (including phenoxy) is 2. The van der Waals surface area contributed by atoms with Crippen LogP contribution in [0, 0.1) is 0 Å². The number of hydrogen-bond acceptors (Lipinski definition) is 5. The van der Waals surface area contributed by atoms with Crippen LogP contribution >= 0.6 is 15.9 Å². The average molecular weight is 460 g/mol. The summed E-state index contributed by atoms with van der Waals surface area (Å²) in [6.07, 6.45) is 0. The Kier molecular flexibility index (Phi) is 6.13. The summed E-state index contributed by atoms with van der Waals surface area (Å²) < 4.78 is 11.7. The maximum absolute atomic E-state index is 12.6. The first kappa shape index (κ1) is 19.9. The van der Waals surface area contributed by atoms with Gasteiger partial charge in [-0.05, 0) is 46.3 Å². The first-order chi connectivity index (χ1) is 14.1. The highest BCUT2D eigenvalue weighted by Crippen LogP contribution is 2.34. The van der Waals surface area contributed by atoms with Gasteiger partial charge in [-0.25, -0.2) is 0 Å². The van der Waals surface area contributed by atoms with Crippen LogP contribution < -0.4 is 15.0 Å². The van der Waals surface area contributed by atoms with Crippen molar-refractivity contribution in [2.24, 2.45) is 0 Å². The second-order valence-corrected chi connectivity index (χ2v) is 7.76. The molecule has 2 aromatic rings. The van der Waals surface area contributed by atoms with Crippen molar-refractivity contribution in [3.63, 3.8) is 0 Å². The Bertz CT molecular complexity index is 915. The standard InChI is InChI=1S/C21H22BrN3O4/c22-17-4-2-1-3-16(17)21(27)23-15-5-6-19-18(13-15)25(20(26)14-29-19)8-7-24-9-11-28-12-10-24/h1-6,13H,7-12,14H2,(H,23,27). The maximum Gasteiger partial charge on any atom is 0.265 e. The zero-order valence-electron chi connectivity index (χ0n) is 15.9. The molecule has 8 heteroatoms. The van der Waals surface area contributed by atoms with E-state index in [9.17, 15) is 9.59 Å². The molecule has 1 saturated heterocycles. The average Bonchev–Trinajstić information content (AvgIpc) is 2.74. The van der Waals surface area contributed by atoms with Crippen LogP contribution in [0.25, 0.3) is 0 Å². The molecule has 0 unspecified atom stereocenters. The summed E-state index contributed by atoms with van der Waals surface area (Å²) >= 11 is 3.40. The van der Waals surface area contributed by atoms with E-state index in [-0.39, 0.29) is 18.4 Å². The Labute approximate surface area is 177 Å². The molecule has 29 heavy (non-hydrogen) atoms. The minimum Gasteiger partial charge on any atom is -0.482 e. The number of nitrogens with zero attached hydrogens (tertiary/aromatic N) is 2. The summed E-state index contributed by atoms with van der Waals surface area (Å²) in [5.74, 6) is 0.339. The highest BCUT2D eigenvalue weighted by molar-refractivity contribution is 9.10. The van der Waals surface area contributed by atoms with Gasteiger partial charge in [0.1, 0.15) is 5.75 Å². The zero-order valence-corrected chi connectivity index (χ0v) is 17.5. The van der Waals surface area contributed by atoms with Crippen molar-refractivity contribution in [1.82, 2.24) is 4.90 Å².